The molecule has 0 aliphatic carbocycles. The molecule has 0 fully saturated rings. The number of ether oxygens (including phenoxy) is 3. The number of aryl methyl sites for hydroxylation is 3. The predicted molar refractivity (Wildman–Crippen MR) is 237 cm³/mol. The first-order valence-corrected chi connectivity index (χ1v) is 22.1. The number of aliphatic imine (C=N–C) groups is 2. The second kappa shape index (κ2) is 18.1. The van der Waals surface area contributed by atoms with Gasteiger partial charge in [0.2, 0.25) is 5.91 Å². The Labute approximate surface area is 370 Å². The lowest BCUT2D eigenvalue weighted by atomic mass is 9.99. The number of aromatic nitrogens is 6. The molecule has 4 aromatic heterocycles. The highest BCUT2D eigenvalue weighted by Crippen LogP contribution is 2.42. The zero-order valence-electron chi connectivity index (χ0n) is 34.4. The van der Waals surface area contributed by atoms with E-state index in [-0.39, 0.29) is 18.7 Å². The number of methoxy groups -OCH3 is 1. The lowest BCUT2D eigenvalue weighted by Gasteiger charge is -2.13. The van der Waals surface area contributed by atoms with Crippen molar-refractivity contribution in [3.63, 3.8) is 0 Å². The molecule has 6 heterocycles. The van der Waals surface area contributed by atoms with Crippen molar-refractivity contribution >= 4 is 69.2 Å². The average molecular weight is 901 g/mol. The monoisotopic (exact) mass is 899 g/mol. The molecule has 1 N–H and O–H groups in total. The Morgan fingerprint density at radius 2 is 1.21 bits per heavy atom. The fourth-order valence-electron chi connectivity index (χ4n) is 7.47. The summed E-state index contributed by atoms with van der Waals surface area (Å²) in [6.45, 7) is 11.7. The normalized spacial score (nSPS) is 15.5. The molecule has 0 bridgehead atoms. The second-order valence-electron chi connectivity index (χ2n) is 14.7. The third-order valence-corrected chi connectivity index (χ3v) is 13.7. The smallest absolute Gasteiger partial charge is 0.308 e. The van der Waals surface area contributed by atoms with Crippen molar-refractivity contribution in [2.45, 2.75) is 66.2 Å². The van der Waals surface area contributed by atoms with Gasteiger partial charge in [0, 0.05) is 48.6 Å². The minimum absolute atomic E-state index is 0.0140. The molecule has 14 nitrogen and oxygen atoms in total. The molecular weight excluding hydrogens is 858 g/mol. The maximum Gasteiger partial charge on any atom is 0.308 e. The number of halogens is 2. The highest BCUT2D eigenvalue weighted by molar-refractivity contribution is 7.15. The largest absolute Gasteiger partial charge is 0.469 e. The number of carbonyl (C=O) groups excluding carboxylic acids is 2. The number of benzene rings is 2. The first-order chi connectivity index (χ1) is 29.4. The number of carbonyl (C=O) groups is 2. The summed E-state index contributed by atoms with van der Waals surface area (Å²) in [5.41, 5.74) is 7.35. The minimum Gasteiger partial charge on any atom is -0.469 e. The zero-order valence-corrected chi connectivity index (χ0v) is 37.6. The van der Waals surface area contributed by atoms with Crippen LogP contribution in [-0.2, 0) is 30.4 Å². The van der Waals surface area contributed by atoms with E-state index in [2.05, 4.69) is 39.6 Å². The fourth-order valence-corrected chi connectivity index (χ4v) is 10.2. The van der Waals surface area contributed by atoms with E-state index in [0.717, 1.165) is 65.5 Å². The lowest BCUT2D eigenvalue weighted by molar-refractivity contribution is -0.141. The van der Waals surface area contributed by atoms with Crippen molar-refractivity contribution < 1.29 is 23.8 Å². The molecule has 8 rings (SSSR count). The van der Waals surface area contributed by atoms with Crippen LogP contribution in [0.3, 0.4) is 0 Å². The average Bonchev–Trinajstić information content (AvgIpc) is 3.94. The Morgan fingerprint density at radius 1 is 0.689 bits per heavy atom. The van der Waals surface area contributed by atoms with Crippen LogP contribution in [0.4, 0.5) is 0 Å². The number of hydrogen-bond donors (Lipinski definition) is 1. The number of fused-ring (bicyclic) bond motifs is 6. The number of nitrogens with one attached hydrogen (secondary N) is 1. The summed E-state index contributed by atoms with van der Waals surface area (Å²) in [6.07, 6.45) is 0.0993. The molecule has 2 aliphatic heterocycles. The zero-order chi connectivity index (χ0) is 42.9. The highest BCUT2D eigenvalue weighted by atomic mass is 35.5. The van der Waals surface area contributed by atoms with Crippen LogP contribution in [0.15, 0.2) is 58.5 Å². The Morgan fingerprint density at radius 3 is 1.79 bits per heavy atom. The Kier molecular flexibility index (Phi) is 12.6. The van der Waals surface area contributed by atoms with Crippen molar-refractivity contribution in [3.05, 3.63) is 125 Å². The van der Waals surface area contributed by atoms with Crippen molar-refractivity contribution in [1.29, 1.82) is 0 Å². The first-order valence-electron chi connectivity index (χ1n) is 19.7. The molecule has 0 radical (unpaired) electrons. The summed E-state index contributed by atoms with van der Waals surface area (Å²) >= 11 is 15.7. The van der Waals surface area contributed by atoms with Crippen molar-refractivity contribution in [2.75, 3.05) is 33.5 Å². The van der Waals surface area contributed by atoms with Gasteiger partial charge in [-0.1, -0.05) is 47.5 Å². The number of nitrogens with zero attached hydrogens (tertiary/aromatic N) is 8. The first kappa shape index (κ1) is 42.6. The molecule has 2 unspecified atom stereocenters. The van der Waals surface area contributed by atoms with Gasteiger partial charge < -0.3 is 19.5 Å². The van der Waals surface area contributed by atoms with Crippen molar-refractivity contribution in [3.8, 4) is 10.0 Å². The van der Waals surface area contributed by atoms with Gasteiger partial charge in [-0.05, 0) is 70.0 Å². The molecule has 61 heavy (non-hydrogen) atoms. The molecule has 18 heteroatoms. The van der Waals surface area contributed by atoms with Gasteiger partial charge in [-0.15, -0.1) is 43.1 Å². The molecule has 1 amide bonds. The Bertz CT molecular complexity index is 2680. The molecule has 0 spiro atoms. The van der Waals surface area contributed by atoms with E-state index in [1.165, 1.54) is 12.0 Å². The van der Waals surface area contributed by atoms with E-state index < -0.39 is 18.1 Å². The Balaban J connectivity index is 0.894. The maximum atomic E-state index is 13.4. The second-order valence-corrected chi connectivity index (χ2v) is 17.8. The quantitative estimate of drug-likeness (QED) is 0.0847. The van der Waals surface area contributed by atoms with E-state index >= 15 is 0 Å². The van der Waals surface area contributed by atoms with Crippen LogP contribution in [0, 0.1) is 34.6 Å². The van der Waals surface area contributed by atoms with Gasteiger partial charge in [0.05, 0.1) is 57.8 Å². The van der Waals surface area contributed by atoms with E-state index in [4.69, 9.17) is 47.4 Å². The Hall–Kier alpha value is -5.10. The van der Waals surface area contributed by atoms with Gasteiger partial charge in [-0.3, -0.25) is 28.7 Å². The number of thiophene rings is 2. The van der Waals surface area contributed by atoms with Crippen molar-refractivity contribution in [1.82, 2.24) is 34.8 Å². The predicted octanol–water partition coefficient (Wildman–Crippen LogP) is 7.91. The number of amides is 1. The minimum atomic E-state index is -0.604. The number of hydrogen-bond acceptors (Lipinski definition) is 13. The van der Waals surface area contributed by atoms with Crippen LogP contribution in [0.25, 0.3) is 10.0 Å². The maximum absolute atomic E-state index is 13.4. The van der Waals surface area contributed by atoms with Crippen LogP contribution < -0.4 is 5.32 Å². The summed E-state index contributed by atoms with van der Waals surface area (Å²) in [4.78, 5) is 38.4. The third kappa shape index (κ3) is 8.57. The van der Waals surface area contributed by atoms with Gasteiger partial charge in [0.15, 0.2) is 11.6 Å². The topological polar surface area (TPSA) is 160 Å². The molecule has 2 atom stereocenters. The molecule has 0 saturated carbocycles. The fraction of sp³-hybridized carbons (Fsp3) is 0.349. The summed E-state index contributed by atoms with van der Waals surface area (Å²) < 4.78 is 21.0. The van der Waals surface area contributed by atoms with Gasteiger partial charge in [-0.2, -0.15) is 0 Å². The lowest BCUT2D eigenvalue weighted by Crippen LogP contribution is -2.29. The van der Waals surface area contributed by atoms with E-state index in [0.29, 0.717) is 60.5 Å². The van der Waals surface area contributed by atoms with Crippen LogP contribution in [-0.4, -0.2) is 86.3 Å². The summed E-state index contributed by atoms with van der Waals surface area (Å²) in [7, 11) is 1.36. The van der Waals surface area contributed by atoms with E-state index in [1.54, 1.807) is 22.7 Å². The van der Waals surface area contributed by atoms with Gasteiger partial charge >= 0.3 is 5.97 Å². The summed E-state index contributed by atoms with van der Waals surface area (Å²) in [5.74, 6) is 2.03. The standard InChI is InChI=1S/C43H43Cl2N9O5S2/c1-22-24(3)60-42-36(22)38(27-7-11-29(44)12-8-27)47-31(40-51-49-25(4)53(40)42)19-34(55)46-15-16-58-17-18-59-21-33-23(2)37-39(28-9-13-30(45)14-10-28)48-32(20-35(56)57-6)41-52-50-26(5)54(41)43(37)61-33/h7-14,31-32H,15-21H2,1-6H3,(H,46,55). The van der Waals surface area contributed by atoms with Crippen LogP contribution in [0.2, 0.25) is 10.0 Å². The van der Waals surface area contributed by atoms with Gasteiger partial charge in [0.1, 0.15) is 33.7 Å². The third-order valence-electron chi connectivity index (χ3n) is 10.7. The van der Waals surface area contributed by atoms with Gasteiger partial charge in [0.25, 0.3) is 0 Å². The van der Waals surface area contributed by atoms with Gasteiger partial charge in [-0.25, -0.2) is 0 Å². The van der Waals surface area contributed by atoms with Crippen LogP contribution >= 0.6 is 45.9 Å². The molecular formula is C43H43Cl2N9O5S2. The van der Waals surface area contributed by atoms with E-state index in [9.17, 15) is 9.59 Å². The summed E-state index contributed by atoms with van der Waals surface area (Å²) in [5, 5.41) is 23.8. The molecule has 6 aromatic rings. The molecule has 2 aromatic carbocycles. The van der Waals surface area contributed by atoms with Crippen LogP contribution in [0.1, 0.15) is 91.4 Å². The summed E-state index contributed by atoms with van der Waals surface area (Å²) in [6, 6.07) is 13.9. The van der Waals surface area contributed by atoms with Crippen LogP contribution in [0.5, 0.6) is 0 Å². The van der Waals surface area contributed by atoms with Crippen molar-refractivity contribution in [2.24, 2.45) is 9.98 Å². The number of rotatable bonds is 14. The highest BCUT2D eigenvalue weighted by Gasteiger charge is 2.34. The molecule has 0 saturated heterocycles. The SMILES string of the molecule is COC(=O)CC1N=C(c2ccc(Cl)cc2)c2c(sc(COCCOCCNC(=O)CC3N=C(c4ccc(Cl)cc4)c4c(sc(C)c4C)-n4c(C)nnc43)c2C)-n2c(C)nnc21. The number of esters is 1. The molecule has 316 valence electrons. The van der Waals surface area contributed by atoms with E-state index in [1.807, 2.05) is 78.4 Å². The molecule has 2 aliphatic rings.